The molecule has 0 aromatic rings. The minimum absolute atomic E-state index is 0.318. The van der Waals surface area contributed by atoms with Crippen molar-refractivity contribution in [2.75, 3.05) is 33.7 Å². The van der Waals surface area contributed by atoms with Gasteiger partial charge >= 0.3 is 11.9 Å². The van der Waals surface area contributed by atoms with Crippen LogP contribution in [0, 0.1) is 0 Å². The van der Waals surface area contributed by atoms with Crippen molar-refractivity contribution < 1.29 is 19.8 Å². The van der Waals surface area contributed by atoms with Gasteiger partial charge in [0.2, 0.25) is 0 Å². The van der Waals surface area contributed by atoms with Crippen LogP contribution in [0.1, 0.15) is 239 Å². The molecule has 0 heterocycles. The van der Waals surface area contributed by atoms with Crippen LogP contribution in [0.5, 0.6) is 0 Å². The van der Waals surface area contributed by atoms with Gasteiger partial charge in [-0.1, -0.05) is 213 Å². The van der Waals surface area contributed by atoms with E-state index in [1.54, 1.807) is 0 Å². The first-order valence-electron chi connectivity index (χ1n) is 22.6. The second-order valence-corrected chi connectivity index (χ2v) is 16.4. The maximum atomic E-state index is 12.9. The summed E-state index contributed by atoms with van der Waals surface area (Å²) >= 11 is 0. The van der Waals surface area contributed by atoms with E-state index in [2.05, 4.69) is 23.6 Å². The predicted octanol–water partition coefficient (Wildman–Crippen LogP) is 13.5. The first-order chi connectivity index (χ1) is 24.8. The molecule has 51 heavy (non-hydrogen) atoms. The number of carboxylic acids is 2. The van der Waals surface area contributed by atoms with Gasteiger partial charge in [0.15, 0.2) is 0 Å². The molecule has 0 bridgehead atoms. The first-order valence-corrected chi connectivity index (χ1v) is 22.6. The van der Waals surface area contributed by atoms with Crippen LogP contribution in [0.4, 0.5) is 0 Å². The molecule has 0 aliphatic heterocycles. The smallest absolute Gasteiger partial charge is 0.324 e. The summed E-state index contributed by atoms with van der Waals surface area (Å²) < 4.78 is 0. The van der Waals surface area contributed by atoms with Gasteiger partial charge in [-0.25, -0.2) is 0 Å². The normalized spacial score (nSPS) is 13.0. The van der Waals surface area contributed by atoms with Crippen molar-refractivity contribution in [3.8, 4) is 0 Å². The maximum Gasteiger partial charge on any atom is 0.324 e. The fourth-order valence-electron chi connectivity index (χ4n) is 7.86. The summed E-state index contributed by atoms with van der Waals surface area (Å²) in [6.07, 6.45) is 42.3. The highest BCUT2D eigenvalue weighted by Gasteiger charge is 2.45. The Bertz CT molecular complexity index is 760. The van der Waals surface area contributed by atoms with Crippen LogP contribution in [0.15, 0.2) is 0 Å². The number of hydrogen-bond donors (Lipinski definition) is 2. The Morgan fingerprint density at radius 1 is 0.412 bits per heavy atom. The standard InChI is InChI=1S/C45H90N2O4/c1-5-7-9-11-13-15-17-19-21-23-25-27-29-31-33-35-38-45(44(50)51,42-43(48)49)47(41-37-39-46(3)4)40-36-34-32-30-28-26-24-22-20-18-16-14-12-10-8-6-2/h5-42H2,1-4H3,(H,48,49)(H,50,51)/t45-/m0/s1. The van der Waals surface area contributed by atoms with E-state index in [-0.39, 0.29) is 6.42 Å². The zero-order valence-corrected chi connectivity index (χ0v) is 35.0. The molecule has 1 atom stereocenters. The van der Waals surface area contributed by atoms with E-state index < -0.39 is 17.5 Å². The summed E-state index contributed by atoms with van der Waals surface area (Å²) in [5.41, 5.74) is -1.32. The van der Waals surface area contributed by atoms with Crippen molar-refractivity contribution in [2.45, 2.75) is 244 Å². The molecule has 6 nitrogen and oxygen atoms in total. The van der Waals surface area contributed by atoms with Crippen molar-refractivity contribution >= 4 is 11.9 Å². The summed E-state index contributed by atoms with van der Waals surface area (Å²) in [5, 5.41) is 20.5. The molecule has 6 heteroatoms. The molecule has 0 aliphatic carbocycles. The van der Waals surface area contributed by atoms with Gasteiger partial charge in [0.1, 0.15) is 5.54 Å². The van der Waals surface area contributed by atoms with Crippen LogP contribution in [0.3, 0.4) is 0 Å². The number of hydrogen-bond acceptors (Lipinski definition) is 4. The van der Waals surface area contributed by atoms with E-state index >= 15 is 0 Å². The molecule has 0 radical (unpaired) electrons. The molecule has 0 rings (SSSR count). The zero-order valence-electron chi connectivity index (χ0n) is 35.0. The van der Waals surface area contributed by atoms with Crippen LogP contribution in [0.2, 0.25) is 0 Å². The second kappa shape index (κ2) is 37.2. The number of rotatable bonds is 42. The van der Waals surface area contributed by atoms with Gasteiger partial charge in [-0.2, -0.15) is 0 Å². The number of carbonyl (C=O) groups is 2. The molecular weight excluding hydrogens is 633 g/mol. The number of nitrogens with zero attached hydrogens (tertiary/aromatic N) is 2. The highest BCUT2D eigenvalue weighted by molar-refractivity contribution is 5.85. The lowest BCUT2D eigenvalue weighted by Gasteiger charge is -2.40. The molecule has 0 aromatic carbocycles. The van der Waals surface area contributed by atoms with Gasteiger partial charge in [-0.15, -0.1) is 0 Å². The van der Waals surface area contributed by atoms with E-state index in [9.17, 15) is 19.8 Å². The highest BCUT2D eigenvalue weighted by atomic mass is 16.4. The molecule has 2 N–H and O–H groups in total. The fraction of sp³-hybridized carbons (Fsp3) is 0.956. The Balaban J connectivity index is 4.51. The van der Waals surface area contributed by atoms with Gasteiger partial charge < -0.3 is 15.1 Å². The van der Waals surface area contributed by atoms with Crippen LogP contribution >= 0.6 is 0 Å². The predicted molar refractivity (Wildman–Crippen MR) is 221 cm³/mol. The van der Waals surface area contributed by atoms with Gasteiger partial charge in [-0.05, 0) is 46.4 Å². The molecule has 0 saturated heterocycles. The monoisotopic (exact) mass is 723 g/mol. The number of carboxylic acid groups (broad SMARTS) is 2. The van der Waals surface area contributed by atoms with Gasteiger partial charge in [-0.3, -0.25) is 14.5 Å². The van der Waals surface area contributed by atoms with E-state index in [0.29, 0.717) is 19.5 Å². The van der Waals surface area contributed by atoms with Crippen molar-refractivity contribution in [1.82, 2.24) is 9.80 Å². The Labute approximate surface area is 318 Å². The minimum atomic E-state index is -1.32. The SMILES string of the molecule is CCCCCCCCCCCCCCCCCCN(CCCN(C)C)[C@@](CCCCCCCCCCCCCCCCCC)(CC(=O)O)C(=O)O. The molecule has 0 saturated carbocycles. The molecule has 0 amide bonds. The zero-order chi connectivity index (χ0) is 37.7. The lowest BCUT2D eigenvalue weighted by atomic mass is 9.85. The lowest BCUT2D eigenvalue weighted by molar-refractivity contribution is -0.159. The third kappa shape index (κ3) is 31.0. The average Bonchev–Trinajstić information content (AvgIpc) is 3.09. The average molecular weight is 723 g/mol. The topological polar surface area (TPSA) is 81.1 Å². The minimum Gasteiger partial charge on any atom is -0.481 e. The van der Waals surface area contributed by atoms with Crippen LogP contribution in [0.25, 0.3) is 0 Å². The van der Waals surface area contributed by atoms with Crippen LogP contribution in [-0.2, 0) is 9.59 Å². The molecule has 0 aliphatic rings. The van der Waals surface area contributed by atoms with E-state index in [1.165, 1.54) is 173 Å². The van der Waals surface area contributed by atoms with Crippen molar-refractivity contribution in [3.63, 3.8) is 0 Å². The molecule has 0 unspecified atom stereocenters. The summed E-state index contributed by atoms with van der Waals surface area (Å²) in [7, 11) is 4.08. The van der Waals surface area contributed by atoms with E-state index in [4.69, 9.17) is 0 Å². The number of aliphatic carboxylic acids is 2. The molecule has 0 spiro atoms. The largest absolute Gasteiger partial charge is 0.481 e. The van der Waals surface area contributed by atoms with Crippen LogP contribution in [-0.4, -0.2) is 71.2 Å². The van der Waals surface area contributed by atoms with Gasteiger partial charge in [0.05, 0.1) is 6.42 Å². The Morgan fingerprint density at radius 3 is 1.00 bits per heavy atom. The van der Waals surface area contributed by atoms with Crippen molar-refractivity contribution in [3.05, 3.63) is 0 Å². The Morgan fingerprint density at radius 2 is 0.706 bits per heavy atom. The highest BCUT2D eigenvalue weighted by Crippen LogP contribution is 2.30. The summed E-state index contributed by atoms with van der Waals surface area (Å²) in [6.45, 7) is 6.73. The Hall–Kier alpha value is -1.14. The summed E-state index contributed by atoms with van der Waals surface area (Å²) in [5.74, 6) is -1.95. The van der Waals surface area contributed by atoms with Crippen LogP contribution < -0.4 is 0 Å². The molecular formula is C45H90N2O4. The molecule has 304 valence electrons. The van der Waals surface area contributed by atoms with Gasteiger partial charge in [0, 0.05) is 6.54 Å². The first kappa shape index (κ1) is 49.9. The Kier molecular flexibility index (Phi) is 36.4. The third-order valence-corrected chi connectivity index (χ3v) is 11.2. The summed E-state index contributed by atoms with van der Waals surface area (Å²) in [6, 6.07) is 0. The molecule has 0 fully saturated rings. The maximum absolute atomic E-state index is 12.9. The quantitative estimate of drug-likeness (QED) is 0.0611. The second-order valence-electron chi connectivity index (χ2n) is 16.4. The number of unbranched alkanes of at least 4 members (excludes halogenated alkanes) is 30. The van der Waals surface area contributed by atoms with E-state index in [0.717, 1.165) is 45.1 Å². The lowest BCUT2D eigenvalue weighted by Crippen LogP contribution is -2.56. The van der Waals surface area contributed by atoms with Crippen molar-refractivity contribution in [1.29, 1.82) is 0 Å². The van der Waals surface area contributed by atoms with E-state index in [1.807, 2.05) is 14.1 Å². The van der Waals surface area contributed by atoms with Crippen molar-refractivity contribution in [2.24, 2.45) is 0 Å². The third-order valence-electron chi connectivity index (χ3n) is 11.2. The summed E-state index contributed by atoms with van der Waals surface area (Å²) in [4.78, 5) is 29.2. The van der Waals surface area contributed by atoms with Gasteiger partial charge in [0.25, 0.3) is 0 Å². The fourth-order valence-corrected chi connectivity index (χ4v) is 7.86. The molecule has 0 aromatic heterocycles.